The van der Waals surface area contributed by atoms with E-state index in [2.05, 4.69) is 21.5 Å². The van der Waals surface area contributed by atoms with Crippen molar-refractivity contribution in [2.24, 2.45) is 5.92 Å². The summed E-state index contributed by atoms with van der Waals surface area (Å²) in [5.74, 6) is 1.18. The molecule has 0 saturated carbocycles. The summed E-state index contributed by atoms with van der Waals surface area (Å²) in [5, 5.41) is 0. The zero-order chi connectivity index (χ0) is 12.5. The number of nitrogens with two attached hydrogens (primary N) is 1. The van der Waals surface area contributed by atoms with Crippen LogP contribution in [0.25, 0.3) is 11.0 Å². The summed E-state index contributed by atoms with van der Waals surface area (Å²) >= 11 is 0. The Labute approximate surface area is 106 Å². The zero-order valence-electron chi connectivity index (χ0n) is 10.5. The van der Waals surface area contributed by atoms with Gasteiger partial charge in [-0.25, -0.2) is 4.98 Å². The van der Waals surface area contributed by atoms with Crippen LogP contribution in [0.5, 0.6) is 0 Å². The third kappa shape index (κ3) is 1.84. The van der Waals surface area contributed by atoms with Gasteiger partial charge in [-0.2, -0.15) is 0 Å². The summed E-state index contributed by atoms with van der Waals surface area (Å²) in [6, 6.07) is 2.33. The van der Waals surface area contributed by atoms with Gasteiger partial charge in [0.2, 0.25) is 5.95 Å². The highest BCUT2D eigenvalue weighted by Gasteiger charge is 2.24. The maximum absolute atomic E-state index is 6.05. The van der Waals surface area contributed by atoms with E-state index in [9.17, 15) is 0 Å². The van der Waals surface area contributed by atoms with Crippen molar-refractivity contribution in [2.75, 3.05) is 18.9 Å². The van der Waals surface area contributed by atoms with Crippen LogP contribution in [0.2, 0.25) is 0 Å². The molecule has 0 spiro atoms. The summed E-state index contributed by atoms with van der Waals surface area (Å²) in [6.45, 7) is 3.92. The van der Waals surface area contributed by atoms with E-state index in [1.54, 1.807) is 12.4 Å². The lowest BCUT2D eigenvalue weighted by Crippen LogP contribution is -2.24. The molecule has 2 aromatic heterocycles. The number of aromatic nitrogens is 3. The fraction of sp³-hybridized carbons (Fsp3) is 0.538. The fourth-order valence-corrected chi connectivity index (χ4v) is 2.81. The van der Waals surface area contributed by atoms with Crippen molar-refractivity contribution < 1.29 is 4.74 Å². The van der Waals surface area contributed by atoms with Gasteiger partial charge in [-0.05, 0) is 31.7 Å². The second-order valence-electron chi connectivity index (χ2n) is 4.89. The first-order valence-electron chi connectivity index (χ1n) is 6.42. The third-order valence-electron chi connectivity index (χ3n) is 3.87. The number of pyridine rings is 1. The van der Waals surface area contributed by atoms with Gasteiger partial charge in [0.15, 0.2) is 0 Å². The molecule has 96 valence electrons. The second-order valence-corrected chi connectivity index (χ2v) is 4.89. The first-order valence-corrected chi connectivity index (χ1v) is 6.42. The van der Waals surface area contributed by atoms with Crippen LogP contribution in [-0.4, -0.2) is 27.7 Å². The van der Waals surface area contributed by atoms with Gasteiger partial charge in [-0.1, -0.05) is 0 Å². The van der Waals surface area contributed by atoms with Crippen molar-refractivity contribution >= 4 is 17.0 Å². The van der Waals surface area contributed by atoms with E-state index < -0.39 is 0 Å². The summed E-state index contributed by atoms with van der Waals surface area (Å²) in [4.78, 5) is 8.46. The minimum atomic E-state index is 0.348. The first kappa shape index (κ1) is 11.5. The summed E-state index contributed by atoms with van der Waals surface area (Å²) in [7, 11) is 0. The molecule has 2 N–H and O–H groups in total. The molecule has 5 heteroatoms. The molecule has 0 aliphatic carbocycles. The van der Waals surface area contributed by atoms with Gasteiger partial charge in [0.05, 0.1) is 11.7 Å². The van der Waals surface area contributed by atoms with Crippen molar-refractivity contribution in [2.45, 2.75) is 25.8 Å². The van der Waals surface area contributed by atoms with E-state index in [1.807, 2.05) is 6.07 Å². The van der Waals surface area contributed by atoms with Gasteiger partial charge in [0, 0.05) is 25.5 Å². The maximum atomic E-state index is 6.05. The van der Waals surface area contributed by atoms with Crippen LogP contribution < -0.4 is 5.73 Å². The minimum Gasteiger partial charge on any atom is -0.381 e. The van der Waals surface area contributed by atoms with Gasteiger partial charge in [0.1, 0.15) is 5.52 Å². The average Bonchev–Trinajstić information content (AvgIpc) is 2.75. The largest absolute Gasteiger partial charge is 0.381 e. The van der Waals surface area contributed by atoms with E-state index in [0.29, 0.717) is 17.9 Å². The molecule has 1 aliphatic rings. The zero-order valence-corrected chi connectivity index (χ0v) is 10.5. The SMILES string of the molecule is CC(C1CCOCC1)n1c(N)nc2cnccc21. The molecule has 1 unspecified atom stereocenters. The van der Waals surface area contributed by atoms with Crippen LogP contribution in [0.15, 0.2) is 18.5 Å². The molecule has 0 radical (unpaired) electrons. The topological polar surface area (TPSA) is 66.0 Å². The molecule has 3 rings (SSSR count). The molecule has 18 heavy (non-hydrogen) atoms. The molecule has 0 aromatic carbocycles. The van der Waals surface area contributed by atoms with Crippen LogP contribution in [0.3, 0.4) is 0 Å². The van der Waals surface area contributed by atoms with Crippen molar-refractivity contribution in [3.05, 3.63) is 18.5 Å². The van der Waals surface area contributed by atoms with Crippen LogP contribution in [0, 0.1) is 5.92 Å². The molecule has 1 atom stereocenters. The summed E-state index contributed by atoms with van der Waals surface area (Å²) < 4.78 is 7.55. The predicted octanol–water partition coefficient (Wildman–Crippen LogP) is 2.00. The third-order valence-corrected chi connectivity index (χ3v) is 3.87. The Balaban J connectivity index is 1.99. The van der Waals surface area contributed by atoms with E-state index in [0.717, 1.165) is 37.1 Å². The lowest BCUT2D eigenvalue weighted by Gasteiger charge is -2.29. The van der Waals surface area contributed by atoms with Crippen LogP contribution in [-0.2, 0) is 4.74 Å². The molecule has 1 saturated heterocycles. The Morgan fingerprint density at radius 1 is 1.44 bits per heavy atom. The Bertz CT molecular complexity index is 545. The minimum absolute atomic E-state index is 0.348. The van der Waals surface area contributed by atoms with Crippen LogP contribution >= 0.6 is 0 Å². The predicted molar refractivity (Wildman–Crippen MR) is 70.2 cm³/mol. The van der Waals surface area contributed by atoms with Gasteiger partial charge in [-0.3, -0.25) is 4.98 Å². The molecule has 0 amide bonds. The quantitative estimate of drug-likeness (QED) is 0.880. The Morgan fingerprint density at radius 2 is 2.22 bits per heavy atom. The number of nitrogens with zero attached hydrogens (tertiary/aromatic N) is 3. The van der Waals surface area contributed by atoms with Crippen LogP contribution in [0.4, 0.5) is 5.95 Å². The monoisotopic (exact) mass is 246 g/mol. The number of ether oxygens (including phenoxy) is 1. The number of imidazole rings is 1. The van der Waals surface area contributed by atoms with E-state index in [-0.39, 0.29) is 0 Å². The molecule has 1 aliphatic heterocycles. The maximum Gasteiger partial charge on any atom is 0.201 e. The van der Waals surface area contributed by atoms with Crippen molar-refractivity contribution in [3.8, 4) is 0 Å². The standard InChI is InChI=1S/C13H18N4O/c1-9(10-3-6-18-7-4-10)17-12-2-5-15-8-11(12)16-13(17)14/h2,5,8-10H,3-4,6-7H2,1H3,(H2,14,16). The molecule has 3 heterocycles. The number of hydrogen-bond donors (Lipinski definition) is 1. The highest BCUT2D eigenvalue weighted by atomic mass is 16.5. The van der Waals surface area contributed by atoms with Gasteiger partial charge >= 0.3 is 0 Å². The molecular formula is C13H18N4O. The molecular weight excluding hydrogens is 228 g/mol. The number of nitrogen functional groups attached to an aromatic ring is 1. The number of hydrogen-bond acceptors (Lipinski definition) is 4. The highest BCUT2D eigenvalue weighted by molar-refractivity contribution is 5.77. The lowest BCUT2D eigenvalue weighted by molar-refractivity contribution is 0.0521. The summed E-state index contributed by atoms with van der Waals surface area (Å²) in [5.41, 5.74) is 7.99. The van der Waals surface area contributed by atoms with Gasteiger partial charge in [-0.15, -0.1) is 0 Å². The highest BCUT2D eigenvalue weighted by Crippen LogP contribution is 2.32. The molecule has 1 fully saturated rings. The lowest BCUT2D eigenvalue weighted by atomic mass is 9.92. The average molecular weight is 246 g/mol. The summed E-state index contributed by atoms with van der Waals surface area (Å²) in [6.07, 6.45) is 5.73. The fourth-order valence-electron chi connectivity index (χ4n) is 2.81. The molecule has 5 nitrogen and oxygen atoms in total. The van der Waals surface area contributed by atoms with E-state index in [1.165, 1.54) is 0 Å². The van der Waals surface area contributed by atoms with Crippen molar-refractivity contribution in [1.29, 1.82) is 0 Å². The molecule has 2 aromatic rings. The Kier molecular flexibility index (Phi) is 2.91. The van der Waals surface area contributed by atoms with Crippen molar-refractivity contribution in [1.82, 2.24) is 14.5 Å². The normalized spacial score (nSPS) is 19.2. The van der Waals surface area contributed by atoms with E-state index >= 15 is 0 Å². The van der Waals surface area contributed by atoms with Crippen LogP contribution in [0.1, 0.15) is 25.8 Å². The number of rotatable bonds is 2. The van der Waals surface area contributed by atoms with Gasteiger partial charge in [0.25, 0.3) is 0 Å². The Morgan fingerprint density at radius 3 is 3.00 bits per heavy atom. The van der Waals surface area contributed by atoms with Gasteiger partial charge < -0.3 is 15.0 Å². The molecule has 0 bridgehead atoms. The van der Waals surface area contributed by atoms with E-state index in [4.69, 9.17) is 10.5 Å². The first-order chi connectivity index (χ1) is 8.77. The van der Waals surface area contributed by atoms with Crippen molar-refractivity contribution in [3.63, 3.8) is 0 Å². The number of anilines is 1. The smallest absolute Gasteiger partial charge is 0.201 e. The number of fused-ring (bicyclic) bond motifs is 1. The second kappa shape index (κ2) is 4.57. The Hall–Kier alpha value is -1.62.